The van der Waals surface area contributed by atoms with Crippen molar-refractivity contribution in [2.45, 2.75) is 13.3 Å². The second-order valence-corrected chi connectivity index (χ2v) is 2.91. The Bertz CT molecular complexity index is 408. The molecule has 2 aromatic rings. The monoisotopic (exact) mass is 181 g/mol. The van der Waals surface area contributed by atoms with Crippen LogP contribution in [0.1, 0.15) is 12.5 Å². The SMILES string of the molecule is CCc1c[nH]c2c(Cl)ncnc12. The van der Waals surface area contributed by atoms with Gasteiger partial charge in [0.15, 0.2) is 5.15 Å². The lowest BCUT2D eigenvalue weighted by atomic mass is 10.2. The summed E-state index contributed by atoms with van der Waals surface area (Å²) < 4.78 is 0. The minimum Gasteiger partial charge on any atom is -0.357 e. The highest BCUT2D eigenvalue weighted by Gasteiger charge is 2.05. The summed E-state index contributed by atoms with van der Waals surface area (Å²) in [5.41, 5.74) is 2.93. The molecule has 0 saturated carbocycles. The molecule has 2 aromatic heterocycles. The third-order valence-corrected chi connectivity index (χ3v) is 2.16. The van der Waals surface area contributed by atoms with Crippen molar-refractivity contribution in [1.82, 2.24) is 15.0 Å². The third kappa shape index (κ3) is 0.975. The number of H-pyrrole nitrogens is 1. The van der Waals surface area contributed by atoms with Gasteiger partial charge in [-0.25, -0.2) is 9.97 Å². The molecule has 2 heterocycles. The Labute approximate surface area is 74.8 Å². The fourth-order valence-corrected chi connectivity index (χ4v) is 1.42. The van der Waals surface area contributed by atoms with Gasteiger partial charge in [0.1, 0.15) is 11.8 Å². The average Bonchev–Trinajstić information content (AvgIpc) is 2.49. The number of aromatic amines is 1. The van der Waals surface area contributed by atoms with E-state index in [2.05, 4.69) is 21.9 Å². The number of halogens is 1. The van der Waals surface area contributed by atoms with Gasteiger partial charge in [-0.05, 0) is 12.0 Å². The van der Waals surface area contributed by atoms with Crippen molar-refractivity contribution in [3.8, 4) is 0 Å². The molecule has 0 atom stereocenters. The first-order valence-corrected chi connectivity index (χ1v) is 4.17. The van der Waals surface area contributed by atoms with Crippen molar-refractivity contribution in [2.75, 3.05) is 0 Å². The van der Waals surface area contributed by atoms with Crippen LogP contribution in [0.2, 0.25) is 5.15 Å². The Kier molecular flexibility index (Phi) is 1.73. The maximum Gasteiger partial charge on any atom is 0.156 e. The lowest BCUT2D eigenvalue weighted by Gasteiger charge is -1.92. The van der Waals surface area contributed by atoms with E-state index in [-0.39, 0.29) is 0 Å². The van der Waals surface area contributed by atoms with Crippen LogP contribution in [0.4, 0.5) is 0 Å². The van der Waals surface area contributed by atoms with Gasteiger partial charge in [-0.1, -0.05) is 18.5 Å². The van der Waals surface area contributed by atoms with E-state index in [9.17, 15) is 0 Å². The number of nitrogens with one attached hydrogen (secondary N) is 1. The highest BCUT2D eigenvalue weighted by molar-refractivity contribution is 6.33. The summed E-state index contributed by atoms with van der Waals surface area (Å²) in [6.07, 6.45) is 4.36. The van der Waals surface area contributed by atoms with Crippen molar-refractivity contribution < 1.29 is 0 Å². The standard InChI is InChI=1S/C8H8ClN3/c1-2-5-3-10-7-6(5)11-4-12-8(7)9/h3-4,10H,2H2,1H3. The van der Waals surface area contributed by atoms with E-state index in [4.69, 9.17) is 11.6 Å². The van der Waals surface area contributed by atoms with Crippen molar-refractivity contribution in [2.24, 2.45) is 0 Å². The van der Waals surface area contributed by atoms with Crippen molar-refractivity contribution in [3.63, 3.8) is 0 Å². The van der Waals surface area contributed by atoms with Gasteiger partial charge in [0.25, 0.3) is 0 Å². The van der Waals surface area contributed by atoms with Crippen LogP contribution in [0.5, 0.6) is 0 Å². The Balaban J connectivity index is 2.80. The minimum absolute atomic E-state index is 0.486. The lowest BCUT2D eigenvalue weighted by molar-refractivity contribution is 1.14. The van der Waals surface area contributed by atoms with Crippen molar-refractivity contribution >= 4 is 22.6 Å². The van der Waals surface area contributed by atoms with Crippen LogP contribution in [-0.4, -0.2) is 15.0 Å². The number of aromatic nitrogens is 3. The van der Waals surface area contributed by atoms with Crippen LogP contribution in [0.25, 0.3) is 11.0 Å². The molecule has 0 saturated heterocycles. The number of hydrogen-bond donors (Lipinski definition) is 1. The van der Waals surface area contributed by atoms with E-state index in [1.807, 2.05) is 6.20 Å². The van der Waals surface area contributed by atoms with Gasteiger partial charge in [-0.15, -0.1) is 0 Å². The van der Waals surface area contributed by atoms with E-state index in [1.165, 1.54) is 11.9 Å². The van der Waals surface area contributed by atoms with Gasteiger partial charge < -0.3 is 4.98 Å². The maximum atomic E-state index is 5.84. The Morgan fingerprint density at radius 3 is 3.08 bits per heavy atom. The van der Waals surface area contributed by atoms with E-state index >= 15 is 0 Å². The number of hydrogen-bond acceptors (Lipinski definition) is 2. The van der Waals surface area contributed by atoms with Crippen molar-refractivity contribution in [1.29, 1.82) is 0 Å². The van der Waals surface area contributed by atoms with Crippen molar-refractivity contribution in [3.05, 3.63) is 23.2 Å². The van der Waals surface area contributed by atoms with Gasteiger partial charge in [0.2, 0.25) is 0 Å². The van der Waals surface area contributed by atoms with Crippen LogP contribution >= 0.6 is 11.6 Å². The first kappa shape index (κ1) is 7.55. The maximum absolute atomic E-state index is 5.84. The summed E-state index contributed by atoms with van der Waals surface area (Å²) in [7, 11) is 0. The highest BCUT2D eigenvalue weighted by atomic mass is 35.5. The highest BCUT2D eigenvalue weighted by Crippen LogP contribution is 2.20. The summed E-state index contributed by atoms with van der Waals surface area (Å²) in [6, 6.07) is 0. The van der Waals surface area contributed by atoms with Crippen LogP contribution in [0.15, 0.2) is 12.5 Å². The summed E-state index contributed by atoms with van der Waals surface area (Å²) >= 11 is 5.84. The molecule has 0 aliphatic rings. The molecule has 0 amide bonds. The third-order valence-electron chi connectivity index (χ3n) is 1.88. The number of rotatable bonds is 1. The van der Waals surface area contributed by atoms with Gasteiger partial charge in [-0.3, -0.25) is 0 Å². The number of aryl methyl sites for hydroxylation is 1. The summed E-state index contributed by atoms with van der Waals surface area (Å²) in [5, 5.41) is 0.486. The predicted octanol–water partition coefficient (Wildman–Crippen LogP) is 2.17. The summed E-state index contributed by atoms with van der Waals surface area (Å²) in [4.78, 5) is 11.1. The molecule has 3 nitrogen and oxygen atoms in total. The summed E-state index contributed by atoms with van der Waals surface area (Å²) in [5.74, 6) is 0. The first-order valence-electron chi connectivity index (χ1n) is 3.79. The van der Waals surface area contributed by atoms with Crippen LogP contribution in [-0.2, 0) is 6.42 Å². The quantitative estimate of drug-likeness (QED) is 0.686. The van der Waals surface area contributed by atoms with Gasteiger partial charge in [0, 0.05) is 6.20 Å². The fraction of sp³-hybridized carbons (Fsp3) is 0.250. The molecule has 0 unspecified atom stereocenters. The fourth-order valence-electron chi connectivity index (χ4n) is 1.23. The molecule has 0 aromatic carbocycles. The van der Waals surface area contributed by atoms with Gasteiger partial charge >= 0.3 is 0 Å². The Morgan fingerprint density at radius 2 is 2.33 bits per heavy atom. The molecule has 0 spiro atoms. The molecule has 2 rings (SSSR count). The molecule has 12 heavy (non-hydrogen) atoms. The molecule has 0 aliphatic carbocycles. The molecular weight excluding hydrogens is 174 g/mol. The number of fused-ring (bicyclic) bond motifs is 1. The molecular formula is C8H8ClN3. The molecule has 62 valence electrons. The minimum atomic E-state index is 0.486. The largest absolute Gasteiger partial charge is 0.357 e. The molecule has 0 radical (unpaired) electrons. The van der Waals surface area contributed by atoms with Gasteiger partial charge in [-0.2, -0.15) is 0 Å². The van der Waals surface area contributed by atoms with E-state index in [1.54, 1.807) is 0 Å². The zero-order chi connectivity index (χ0) is 8.55. The second-order valence-electron chi connectivity index (χ2n) is 2.56. The predicted molar refractivity (Wildman–Crippen MR) is 48.3 cm³/mol. The number of nitrogens with zero attached hydrogens (tertiary/aromatic N) is 2. The van der Waals surface area contributed by atoms with Crippen LogP contribution in [0, 0.1) is 0 Å². The average molecular weight is 182 g/mol. The molecule has 4 heteroatoms. The zero-order valence-corrected chi connectivity index (χ0v) is 7.39. The van der Waals surface area contributed by atoms with E-state index in [0.717, 1.165) is 17.5 Å². The van der Waals surface area contributed by atoms with E-state index < -0.39 is 0 Å². The topological polar surface area (TPSA) is 41.6 Å². The van der Waals surface area contributed by atoms with Gasteiger partial charge in [0.05, 0.1) is 5.52 Å². The molecule has 1 N–H and O–H groups in total. The van der Waals surface area contributed by atoms with Crippen LogP contribution < -0.4 is 0 Å². The second kappa shape index (κ2) is 2.75. The first-order chi connectivity index (χ1) is 5.83. The summed E-state index contributed by atoms with van der Waals surface area (Å²) in [6.45, 7) is 2.08. The lowest BCUT2D eigenvalue weighted by Crippen LogP contribution is -1.83. The Hall–Kier alpha value is -1.09. The Morgan fingerprint density at radius 1 is 1.50 bits per heavy atom. The normalized spacial score (nSPS) is 10.8. The zero-order valence-electron chi connectivity index (χ0n) is 6.63. The smallest absolute Gasteiger partial charge is 0.156 e. The molecule has 0 bridgehead atoms. The molecule has 0 fully saturated rings. The van der Waals surface area contributed by atoms with Crippen LogP contribution in [0.3, 0.4) is 0 Å². The van der Waals surface area contributed by atoms with E-state index in [0.29, 0.717) is 5.15 Å². The molecule has 0 aliphatic heterocycles.